The third kappa shape index (κ3) is 3.09. The van der Waals surface area contributed by atoms with E-state index < -0.39 is 0 Å². The van der Waals surface area contributed by atoms with Crippen molar-refractivity contribution in [3.8, 4) is 0 Å². The van der Waals surface area contributed by atoms with Gasteiger partial charge in [0.2, 0.25) is 5.91 Å². The van der Waals surface area contributed by atoms with Crippen LogP contribution in [0, 0.1) is 6.92 Å². The summed E-state index contributed by atoms with van der Waals surface area (Å²) in [5, 5.41) is 3.39. The van der Waals surface area contributed by atoms with Crippen LogP contribution in [0.1, 0.15) is 25.4 Å². The molecule has 1 saturated heterocycles. The van der Waals surface area contributed by atoms with Crippen molar-refractivity contribution in [1.29, 1.82) is 0 Å². The number of amides is 1. The van der Waals surface area contributed by atoms with Crippen molar-refractivity contribution in [1.82, 2.24) is 10.2 Å². The van der Waals surface area contributed by atoms with Gasteiger partial charge in [-0.3, -0.25) is 4.79 Å². The molecular weight excluding hydrogens is 216 g/mol. The predicted octanol–water partition coefficient (Wildman–Crippen LogP) is 1.34. The number of nitrogens with one attached hydrogen (secondary N) is 1. The SMILES string of the molecule is Cc1ccc(CC(=O)N2CCNC(C)(C)C2)o1. The molecule has 17 heavy (non-hydrogen) atoms. The minimum absolute atomic E-state index is 0.00694. The van der Waals surface area contributed by atoms with Gasteiger partial charge in [0.1, 0.15) is 11.5 Å². The summed E-state index contributed by atoms with van der Waals surface area (Å²) in [7, 11) is 0. The molecule has 2 heterocycles. The summed E-state index contributed by atoms with van der Waals surface area (Å²) in [5.41, 5.74) is 0.00694. The topological polar surface area (TPSA) is 45.5 Å². The van der Waals surface area contributed by atoms with Crippen LogP contribution in [-0.4, -0.2) is 36.0 Å². The first-order chi connectivity index (χ1) is 7.96. The standard InChI is InChI=1S/C13H20N2O2/c1-10-4-5-11(17-10)8-12(16)15-7-6-14-13(2,3)9-15/h4-5,14H,6-9H2,1-3H3. The van der Waals surface area contributed by atoms with E-state index in [1.54, 1.807) is 0 Å². The quantitative estimate of drug-likeness (QED) is 0.843. The Bertz CT molecular complexity index is 409. The second-order valence-electron chi connectivity index (χ2n) is 5.32. The lowest BCUT2D eigenvalue weighted by Gasteiger charge is -2.39. The van der Waals surface area contributed by atoms with E-state index in [4.69, 9.17) is 4.42 Å². The number of carbonyl (C=O) groups is 1. The molecule has 0 spiro atoms. The summed E-state index contributed by atoms with van der Waals surface area (Å²) in [6.45, 7) is 8.51. The van der Waals surface area contributed by atoms with Crippen LogP contribution in [0.5, 0.6) is 0 Å². The summed E-state index contributed by atoms with van der Waals surface area (Å²) in [6.07, 6.45) is 0.365. The summed E-state index contributed by atoms with van der Waals surface area (Å²) in [6, 6.07) is 3.77. The zero-order valence-electron chi connectivity index (χ0n) is 10.7. The van der Waals surface area contributed by atoms with Crippen molar-refractivity contribution in [3.63, 3.8) is 0 Å². The molecule has 1 amide bonds. The van der Waals surface area contributed by atoms with Gasteiger partial charge in [0.05, 0.1) is 6.42 Å². The van der Waals surface area contributed by atoms with Crippen LogP contribution in [0.25, 0.3) is 0 Å². The number of hydrogen-bond acceptors (Lipinski definition) is 3. The van der Waals surface area contributed by atoms with Gasteiger partial charge in [-0.25, -0.2) is 0 Å². The van der Waals surface area contributed by atoms with Crippen molar-refractivity contribution in [2.45, 2.75) is 32.7 Å². The molecule has 0 aromatic carbocycles. The van der Waals surface area contributed by atoms with Crippen LogP contribution < -0.4 is 5.32 Å². The number of nitrogens with zero attached hydrogens (tertiary/aromatic N) is 1. The fraction of sp³-hybridized carbons (Fsp3) is 0.615. The van der Waals surface area contributed by atoms with Crippen LogP contribution >= 0.6 is 0 Å². The van der Waals surface area contributed by atoms with Gasteiger partial charge in [-0.05, 0) is 32.9 Å². The average Bonchev–Trinajstić information content (AvgIpc) is 2.62. The van der Waals surface area contributed by atoms with E-state index in [2.05, 4.69) is 19.2 Å². The fourth-order valence-corrected chi connectivity index (χ4v) is 2.20. The number of aryl methyl sites for hydroxylation is 1. The number of hydrogen-bond donors (Lipinski definition) is 1. The minimum atomic E-state index is 0.00694. The Kier molecular flexibility index (Phi) is 3.24. The van der Waals surface area contributed by atoms with E-state index in [1.165, 1.54) is 0 Å². The molecular formula is C13H20N2O2. The molecule has 0 atom stereocenters. The van der Waals surface area contributed by atoms with Crippen LogP contribution in [-0.2, 0) is 11.2 Å². The molecule has 0 unspecified atom stereocenters. The monoisotopic (exact) mass is 236 g/mol. The highest BCUT2D eigenvalue weighted by Crippen LogP contribution is 2.13. The summed E-state index contributed by atoms with van der Waals surface area (Å²) < 4.78 is 5.43. The largest absolute Gasteiger partial charge is 0.466 e. The minimum Gasteiger partial charge on any atom is -0.466 e. The van der Waals surface area contributed by atoms with E-state index in [-0.39, 0.29) is 11.4 Å². The van der Waals surface area contributed by atoms with Gasteiger partial charge in [0.15, 0.2) is 0 Å². The number of furan rings is 1. The first-order valence-electron chi connectivity index (χ1n) is 6.04. The summed E-state index contributed by atoms with van der Waals surface area (Å²) >= 11 is 0. The molecule has 1 aliphatic heterocycles. The van der Waals surface area contributed by atoms with Crippen LogP contribution in [0.2, 0.25) is 0 Å². The molecule has 1 aromatic heterocycles. The van der Waals surface area contributed by atoms with Crippen LogP contribution in [0.4, 0.5) is 0 Å². The Morgan fingerprint density at radius 2 is 2.29 bits per heavy atom. The number of piperazine rings is 1. The smallest absolute Gasteiger partial charge is 0.230 e. The maximum absolute atomic E-state index is 12.1. The maximum atomic E-state index is 12.1. The van der Waals surface area contributed by atoms with E-state index in [9.17, 15) is 4.79 Å². The second-order valence-corrected chi connectivity index (χ2v) is 5.32. The van der Waals surface area contributed by atoms with Gasteiger partial charge < -0.3 is 14.6 Å². The summed E-state index contributed by atoms with van der Waals surface area (Å²) in [5.74, 6) is 1.76. The van der Waals surface area contributed by atoms with Gasteiger partial charge in [0, 0.05) is 25.2 Å². The molecule has 0 radical (unpaired) electrons. The van der Waals surface area contributed by atoms with E-state index in [0.717, 1.165) is 31.2 Å². The zero-order chi connectivity index (χ0) is 12.5. The molecule has 1 N–H and O–H groups in total. The molecule has 0 bridgehead atoms. The first kappa shape index (κ1) is 12.2. The third-order valence-corrected chi connectivity index (χ3v) is 3.05. The molecule has 1 aromatic rings. The second kappa shape index (κ2) is 4.53. The highest BCUT2D eigenvalue weighted by Gasteiger charge is 2.28. The Morgan fingerprint density at radius 1 is 1.53 bits per heavy atom. The van der Waals surface area contributed by atoms with E-state index in [0.29, 0.717) is 6.42 Å². The lowest BCUT2D eigenvalue weighted by Crippen LogP contribution is -2.58. The Morgan fingerprint density at radius 3 is 2.88 bits per heavy atom. The molecule has 1 fully saturated rings. The Balaban J connectivity index is 1.96. The fourth-order valence-electron chi connectivity index (χ4n) is 2.20. The van der Waals surface area contributed by atoms with Crippen LogP contribution in [0.3, 0.4) is 0 Å². The molecule has 94 valence electrons. The van der Waals surface area contributed by atoms with Crippen molar-refractivity contribution < 1.29 is 9.21 Å². The van der Waals surface area contributed by atoms with Crippen molar-refractivity contribution in [2.24, 2.45) is 0 Å². The van der Waals surface area contributed by atoms with E-state index >= 15 is 0 Å². The Hall–Kier alpha value is -1.29. The van der Waals surface area contributed by atoms with Gasteiger partial charge in [-0.1, -0.05) is 0 Å². The lowest BCUT2D eigenvalue weighted by molar-refractivity contribution is -0.132. The highest BCUT2D eigenvalue weighted by molar-refractivity contribution is 5.78. The number of carbonyl (C=O) groups excluding carboxylic acids is 1. The zero-order valence-corrected chi connectivity index (χ0v) is 10.7. The van der Waals surface area contributed by atoms with E-state index in [1.807, 2.05) is 24.0 Å². The molecule has 1 aliphatic rings. The first-order valence-corrected chi connectivity index (χ1v) is 6.04. The molecule has 0 saturated carbocycles. The number of rotatable bonds is 2. The Labute approximate surface area is 102 Å². The predicted molar refractivity (Wildman–Crippen MR) is 65.8 cm³/mol. The van der Waals surface area contributed by atoms with Gasteiger partial charge in [-0.2, -0.15) is 0 Å². The molecule has 0 aliphatic carbocycles. The maximum Gasteiger partial charge on any atom is 0.230 e. The van der Waals surface area contributed by atoms with Crippen molar-refractivity contribution in [2.75, 3.05) is 19.6 Å². The molecule has 4 nitrogen and oxygen atoms in total. The highest BCUT2D eigenvalue weighted by atomic mass is 16.3. The average molecular weight is 236 g/mol. The van der Waals surface area contributed by atoms with Crippen molar-refractivity contribution in [3.05, 3.63) is 23.7 Å². The lowest BCUT2D eigenvalue weighted by atomic mass is 10.0. The normalized spacial score (nSPS) is 19.4. The van der Waals surface area contributed by atoms with Crippen LogP contribution in [0.15, 0.2) is 16.5 Å². The van der Waals surface area contributed by atoms with Gasteiger partial charge in [-0.15, -0.1) is 0 Å². The summed E-state index contributed by atoms with van der Waals surface area (Å²) in [4.78, 5) is 14.0. The third-order valence-electron chi connectivity index (χ3n) is 3.05. The van der Waals surface area contributed by atoms with Gasteiger partial charge in [0.25, 0.3) is 0 Å². The van der Waals surface area contributed by atoms with Gasteiger partial charge >= 0.3 is 0 Å². The van der Waals surface area contributed by atoms with Crippen molar-refractivity contribution >= 4 is 5.91 Å². The molecule has 2 rings (SSSR count). The molecule has 4 heteroatoms.